The molecule has 0 saturated heterocycles. The Hall–Kier alpha value is -0.0400. The molecule has 0 heterocycles. The molecule has 1 atom stereocenters. The highest BCUT2D eigenvalue weighted by Gasteiger charge is 1.97. The van der Waals surface area contributed by atoms with Gasteiger partial charge in [-0.15, -0.1) is 0 Å². The Morgan fingerprint density at radius 3 is 2.25 bits per heavy atom. The van der Waals surface area contributed by atoms with Gasteiger partial charge in [0, 0.05) is 7.47 Å². The van der Waals surface area contributed by atoms with Crippen LogP contribution in [0.4, 0.5) is 0 Å². The molecule has 52 valence electrons. The van der Waals surface area contributed by atoms with Crippen LogP contribution in [0.5, 0.6) is 0 Å². The molecule has 8 heavy (non-hydrogen) atoms. The quantitative estimate of drug-likeness (QED) is 0.594. The summed E-state index contributed by atoms with van der Waals surface area (Å²) in [5, 5.41) is 3.25. The summed E-state index contributed by atoms with van der Waals surface area (Å²) in [6.07, 6.45) is 3.86. The third-order valence-corrected chi connectivity index (χ3v) is 1.54. The van der Waals surface area contributed by atoms with Crippen molar-refractivity contribution < 1.29 is 1.43 Å². The second-order valence-corrected chi connectivity index (χ2v) is 2.18. The van der Waals surface area contributed by atoms with E-state index in [2.05, 4.69) is 19.2 Å². The third-order valence-electron chi connectivity index (χ3n) is 1.54. The van der Waals surface area contributed by atoms with Crippen LogP contribution in [-0.4, -0.2) is 13.1 Å². The van der Waals surface area contributed by atoms with Crippen LogP contribution in [0.1, 0.15) is 34.5 Å². The molecule has 0 fully saturated rings. The number of hydrogen-bond acceptors (Lipinski definition) is 1. The first-order chi connectivity index (χ1) is 3.85. The maximum Gasteiger partial charge on any atom is 0.00613 e. The summed E-state index contributed by atoms with van der Waals surface area (Å²) < 4.78 is 0. The van der Waals surface area contributed by atoms with Crippen LogP contribution in [0.15, 0.2) is 0 Å². The van der Waals surface area contributed by atoms with Gasteiger partial charge in [-0.05, 0) is 19.9 Å². The SMILES string of the molecule is CCCC(CC)NC.[HH]. The molecule has 0 saturated carbocycles. The van der Waals surface area contributed by atoms with Gasteiger partial charge in [-0.2, -0.15) is 0 Å². The Kier molecular flexibility index (Phi) is 5.08. The van der Waals surface area contributed by atoms with Gasteiger partial charge in [0.2, 0.25) is 0 Å². The topological polar surface area (TPSA) is 12.0 Å². The standard InChI is InChI=1S/C7H17N.H2/c1-4-6-7(5-2)8-3;/h7-8H,4-6H2,1-3H3;1H. The minimum absolute atomic E-state index is 0. The highest BCUT2D eigenvalue weighted by atomic mass is 14.9. The molecular weight excluding hydrogens is 98.1 g/mol. The molecule has 0 aliphatic carbocycles. The Morgan fingerprint density at radius 2 is 2.12 bits per heavy atom. The fourth-order valence-electron chi connectivity index (χ4n) is 0.901. The number of nitrogens with one attached hydrogen (secondary N) is 1. The second-order valence-electron chi connectivity index (χ2n) is 2.18. The Bertz CT molecular complexity index is 44.2. The van der Waals surface area contributed by atoms with E-state index < -0.39 is 0 Å². The van der Waals surface area contributed by atoms with Crippen molar-refractivity contribution in [3.8, 4) is 0 Å². The zero-order valence-electron chi connectivity index (χ0n) is 6.20. The summed E-state index contributed by atoms with van der Waals surface area (Å²) >= 11 is 0. The predicted octanol–water partition coefficient (Wildman–Crippen LogP) is 2.03. The summed E-state index contributed by atoms with van der Waals surface area (Å²) in [5.41, 5.74) is 0. The molecule has 1 N–H and O–H groups in total. The second kappa shape index (κ2) is 5.10. The molecule has 1 unspecified atom stereocenters. The maximum atomic E-state index is 3.25. The van der Waals surface area contributed by atoms with Crippen molar-refractivity contribution in [2.45, 2.75) is 39.2 Å². The van der Waals surface area contributed by atoms with Gasteiger partial charge < -0.3 is 5.32 Å². The monoisotopic (exact) mass is 117 g/mol. The van der Waals surface area contributed by atoms with E-state index >= 15 is 0 Å². The summed E-state index contributed by atoms with van der Waals surface area (Å²) in [4.78, 5) is 0. The molecule has 0 aromatic rings. The normalized spacial score (nSPS) is 13.9. The molecule has 0 aliphatic rings. The Labute approximate surface area is 54.0 Å². The van der Waals surface area contributed by atoms with Gasteiger partial charge in [0.1, 0.15) is 0 Å². The lowest BCUT2D eigenvalue weighted by Crippen LogP contribution is -2.23. The molecule has 0 aliphatic heterocycles. The largest absolute Gasteiger partial charge is 0.317 e. The molecule has 0 rings (SSSR count). The summed E-state index contributed by atoms with van der Waals surface area (Å²) in [5.74, 6) is 0. The maximum absolute atomic E-state index is 3.25. The third kappa shape index (κ3) is 3.03. The summed E-state index contributed by atoms with van der Waals surface area (Å²) in [6.45, 7) is 4.44. The van der Waals surface area contributed by atoms with E-state index in [1.165, 1.54) is 19.3 Å². The highest BCUT2D eigenvalue weighted by molar-refractivity contribution is 4.59. The smallest absolute Gasteiger partial charge is 0.00613 e. The minimum Gasteiger partial charge on any atom is -0.317 e. The molecule has 0 bridgehead atoms. The van der Waals surface area contributed by atoms with Crippen molar-refractivity contribution in [1.82, 2.24) is 5.32 Å². The fraction of sp³-hybridized carbons (Fsp3) is 1.00. The first kappa shape index (κ1) is 7.96. The zero-order valence-corrected chi connectivity index (χ0v) is 6.20. The average Bonchev–Trinajstić information content (AvgIpc) is 1.83. The fourth-order valence-corrected chi connectivity index (χ4v) is 0.901. The first-order valence-electron chi connectivity index (χ1n) is 3.52. The molecule has 1 heteroatoms. The highest BCUT2D eigenvalue weighted by Crippen LogP contribution is 1.98. The van der Waals surface area contributed by atoms with E-state index in [-0.39, 0.29) is 1.43 Å². The van der Waals surface area contributed by atoms with Gasteiger partial charge >= 0.3 is 0 Å². The zero-order chi connectivity index (χ0) is 6.41. The van der Waals surface area contributed by atoms with Crippen LogP contribution in [0.2, 0.25) is 0 Å². The molecule has 0 radical (unpaired) electrons. The Balaban J connectivity index is 0. The minimum atomic E-state index is 0. The van der Waals surface area contributed by atoms with Crippen molar-refractivity contribution in [2.75, 3.05) is 7.05 Å². The van der Waals surface area contributed by atoms with Gasteiger partial charge in [-0.3, -0.25) is 0 Å². The van der Waals surface area contributed by atoms with E-state index in [9.17, 15) is 0 Å². The molecule has 0 spiro atoms. The van der Waals surface area contributed by atoms with Crippen LogP contribution in [0, 0.1) is 0 Å². The predicted molar refractivity (Wildman–Crippen MR) is 40.2 cm³/mol. The summed E-state index contributed by atoms with van der Waals surface area (Å²) in [6, 6.07) is 0.750. The lowest BCUT2D eigenvalue weighted by atomic mass is 10.1. The van der Waals surface area contributed by atoms with Crippen LogP contribution < -0.4 is 5.32 Å². The van der Waals surface area contributed by atoms with Crippen molar-refractivity contribution in [3.63, 3.8) is 0 Å². The van der Waals surface area contributed by atoms with Gasteiger partial charge in [-0.25, -0.2) is 0 Å². The lowest BCUT2D eigenvalue weighted by Gasteiger charge is -2.10. The molecule has 0 aromatic carbocycles. The first-order valence-corrected chi connectivity index (χ1v) is 3.52. The van der Waals surface area contributed by atoms with E-state index in [0.29, 0.717) is 0 Å². The van der Waals surface area contributed by atoms with Crippen LogP contribution in [-0.2, 0) is 0 Å². The molecule has 0 aromatic heterocycles. The molecular formula is C7H19N. The van der Waals surface area contributed by atoms with E-state index in [1.54, 1.807) is 0 Å². The van der Waals surface area contributed by atoms with Crippen molar-refractivity contribution in [3.05, 3.63) is 0 Å². The van der Waals surface area contributed by atoms with Crippen molar-refractivity contribution in [2.24, 2.45) is 0 Å². The van der Waals surface area contributed by atoms with E-state index in [1.807, 2.05) is 7.05 Å². The number of rotatable bonds is 4. The van der Waals surface area contributed by atoms with E-state index in [4.69, 9.17) is 0 Å². The number of hydrogen-bond donors (Lipinski definition) is 1. The van der Waals surface area contributed by atoms with Gasteiger partial charge in [0.05, 0.1) is 0 Å². The molecule has 0 amide bonds. The Morgan fingerprint density at radius 1 is 1.50 bits per heavy atom. The average molecular weight is 117 g/mol. The van der Waals surface area contributed by atoms with Crippen LogP contribution in [0.25, 0.3) is 0 Å². The van der Waals surface area contributed by atoms with Gasteiger partial charge in [0.15, 0.2) is 0 Å². The van der Waals surface area contributed by atoms with Gasteiger partial charge in [-0.1, -0.05) is 20.3 Å². The summed E-state index contributed by atoms with van der Waals surface area (Å²) in [7, 11) is 2.03. The van der Waals surface area contributed by atoms with Crippen LogP contribution >= 0.6 is 0 Å². The lowest BCUT2D eigenvalue weighted by molar-refractivity contribution is 0.503. The van der Waals surface area contributed by atoms with Gasteiger partial charge in [0.25, 0.3) is 0 Å². The van der Waals surface area contributed by atoms with Crippen molar-refractivity contribution in [1.29, 1.82) is 0 Å². The van der Waals surface area contributed by atoms with Crippen LogP contribution in [0.3, 0.4) is 0 Å². The molecule has 1 nitrogen and oxygen atoms in total. The van der Waals surface area contributed by atoms with Crippen molar-refractivity contribution >= 4 is 0 Å². The van der Waals surface area contributed by atoms with E-state index in [0.717, 1.165) is 6.04 Å².